The predicted molar refractivity (Wildman–Crippen MR) is 106 cm³/mol. The van der Waals surface area contributed by atoms with Crippen LogP contribution in [0.5, 0.6) is 5.75 Å². The lowest BCUT2D eigenvalue weighted by Gasteiger charge is -2.37. The topological polar surface area (TPSA) is 81.9 Å². The highest BCUT2D eigenvalue weighted by atomic mass is 16.6. The molecule has 0 N–H and O–H groups in total. The molecule has 0 aliphatic carbocycles. The van der Waals surface area contributed by atoms with Gasteiger partial charge in [-0.05, 0) is 51.1 Å². The largest absolute Gasteiger partial charge is 0.494 e. The number of carbonyl (C=O) groups is 1. The average molecular weight is 384 g/mol. The zero-order chi connectivity index (χ0) is 20.3. The van der Waals surface area contributed by atoms with Gasteiger partial charge in [0.1, 0.15) is 5.75 Å². The number of nitro benzene ring substituents is 1. The van der Waals surface area contributed by atoms with Crippen molar-refractivity contribution >= 4 is 17.2 Å². The third-order valence-corrected chi connectivity index (χ3v) is 4.62. The number of hydrogen-bond donors (Lipinski definition) is 0. The van der Waals surface area contributed by atoms with Crippen LogP contribution in [0.2, 0.25) is 0 Å². The molecule has 2 atom stereocenters. The van der Waals surface area contributed by atoms with Gasteiger partial charge in [-0.2, -0.15) is 0 Å². The van der Waals surface area contributed by atoms with Crippen LogP contribution < -0.4 is 9.64 Å². The van der Waals surface area contributed by atoms with E-state index in [4.69, 9.17) is 9.47 Å². The second-order valence-corrected chi connectivity index (χ2v) is 6.91. The van der Waals surface area contributed by atoms with E-state index in [-0.39, 0.29) is 23.7 Å². The molecule has 0 saturated carbocycles. The second kappa shape index (κ2) is 8.39. The van der Waals surface area contributed by atoms with Crippen molar-refractivity contribution in [2.24, 2.45) is 0 Å². The van der Waals surface area contributed by atoms with E-state index in [0.29, 0.717) is 42.3 Å². The van der Waals surface area contributed by atoms with E-state index in [1.165, 1.54) is 12.1 Å². The Labute approximate surface area is 164 Å². The van der Waals surface area contributed by atoms with E-state index in [1.807, 2.05) is 20.8 Å². The molecule has 1 heterocycles. The van der Waals surface area contributed by atoms with Crippen molar-refractivity contribution in [3.05, 3.63) is 63.7 Å². The molecular weight excluding hydrogens is 360 g/mol. The van der Waals surface area contributed by atoms with Crippen molar-refractivity contribution in [3.8, 4) is 5.75 Å². The molecule has 2 aromatic carbocycles. The van der Waals surface area contributed by atoms with Crippen molar-refractivity contribution in [3.63, 3.8) is 0 Å². The summed E-state index contributed by atoms with van der Waals surface area (Å²) in [7, 11) is 0. The van der Waals surface area contributed by atoms with Crippen LogP contribution in [0, 0.1) is 10.1 Å². The maximum Gasteiger partial charge on any atom is 0.270 e. The summed E-state index contributed by atoms with van der Waals surface area (Å²) >= 11 is 0. The summed E-state index contributed by atoms with van der Waals surface area (Å²) in [6.07, 6.45) is 0.0136. The Kier molecular flexibility index (Phi) is 5.94. The number of carbonyl (C=O) groups excluding carboxylic acids is 1. The second-order valence-electron chi connectivity index (χ2n) is 6.91. The number of ketones is 1. The molecule has 1 aliphatic rings. The minimum atomic E-state index is -0.483. The van der Waals surface area contributed by atoms with Crippen LogP contribution in [0.25, 0.3) is 0 Å². The zero-order valence-corrected chi connectivity index (χ0v) is 16.3. The zero-order valence-electron chi connectivity index (χ0n) is 16.3. The number of hydrogen-bond acceptors (Lipinski definition) is 6. The van der Waals surface area contributed by atoms with Crippen LogP contribution in [-0.4, -0.2) is 42.6 Å². The summed E-state index contributed by atoms with van der Waals surface area (Å²) in [6, 6.07) is 11.3. The molecule has 1 saturated heterocycles. The molecule has 0 aromatic heterocycles. The quantitative estimate of drug-likeness (QED) is 0.428. The van der Waals surface area contributed by atoms with Crippen LogP contribution in [0.4, 0.5) is 11.4 Å². The molecule has 0 amide bonds. The van der Waals surface area contributed by atoms with E-state index in [9.17, 15) is 14.9 Å². The lowest BCUT2D eigenvalue weighted by atomic mass is 9.99. The fourth-order valence-corrected chi connectivity index (χ4v) is 3.49. The molecule has 28 heavy (non-hydrogen) atoms. The first-order valence-electron chi connectivity index (χ1n) is 9.35. The molecule has 1 fully saturated rings. The highest BCUT2D eigenvalue weighted by molar-refractivity contribution is 6.12. The third-order valence-electron chi connectivity index (χ3n) is 4.62. The Morgan fingerprint density at radius 3 is 2.39 bits per heavy atom. The molecule has 2 aromatic rings. The van der Waals surface area contributed by atoms with E-state index in [1.54, 1.807) is 30.3 Å². The van der Waals surface area contributed by atoms with Gasteiger partial charge in [-0.25, -0.2) is 0 Å². The summed E-state index contributed by atoms with van der Waals surface area (Å²) in [5, 5.41) is 11.3. The van der Waals surface area contributed by atoms with Gasteiger partial charge in [0.05, 0.1) is 29.3 Å². The molecule has 7 nitrogen and oxygen atoms in total. The molecule has 148 valence electrons. The number of anilines is 1. The molecule has 0 spiro atoms. The monoisotopic (exact) mass is 384 g/mol. The van der Waals surface area contributed by atoms with Crippen molar-refractivity contribution in [1.29, 1.82) is 0 Å². The molecule has 0 bridgehead atoms. The highest BCUT2D eigenvalue weighted by Crippen LogP contribution is 2.30. The maximum absolute atomic E-state index is 13.2. The van der Waals surface area contributed by atoms with Crippen LogP contribution >= 0.6 is 0 Å². The van der Waals surface area contributed by atoms with Crippen LogP contribution in [0.1, 0.15) is 36.7 Å². The van der Waals surface area contributed by atoms with Crippen LogP contribution in [-0.2, 0) is 4.74 Å². The smallest absolute Gasteiger partial charge is 0.270 e. The van der Waals surface area contributed by atoms with Crippen molar-refractivity contribution in [2.45, 2.75) is 33.0 Å². The van der Waals surface area contributed by atoms with Gasteiger partial charge >= 0.3 is 0 Å². The first kappa shape index (κ1) is 19.8. The van der Waals surface area contributed by atoms with Gasteiger partial charge in [-0.3, -0.25) is 14.9 Å². The van der Waals surface area contributed by atoms with E-state index < -0.39 is 4.92 Å². The maximum atomic E-state index is 13.2. The summed E-state index contributed by atoms with van der Waals surface area (Å²) in [5.41, 5.74) is 1.36. The molecule has 1 aliphatic heterocycles. The number of benzene rings is 2. The number of nitro groups is 1. The summed E-state index contributed by atoms with van der Waals surface area (Å²) in [6.45, 7) is 7.61. The third kappa shape index (κ3) is 4.31. The number of nitrogens with zero attached hydrogens (tertiary/aromatic N) is 2. The molecule has 3 rings (SSSR count). The Balaban J connectivity index is 2.00. The van der Waals surface area contributed by atoms with Gasteiger partial charge in [0.2, 0.25) is 0 Å². The number of ether oxygens (including phenoxy) is 2. The first-order valence-corrected chi connectivity index (χ1v) is 9.35. The molecular formula is C21H24N2O5. The minimum absolute atomic E-state index is 0.00682. The van der Waals surface area contributed by atoms with Crippen LogP contribution in [0.15, 0.2) is 42.5 Å². The van der Waals surface area contributed by atoms with Gasteiger partial charge < -0.3 is 14.4 Å². The summed E-state index contributed by atoms with van der Waals surface area (Å²) in [5.74, 6) is 0.419. The van der Waals surface area contributed by atoms with Crippen LogP contribution in [0.3, 0.4) is 0 Å². The molecule has 0 unspecified atom stereocenters. The first-order chi connectivity index (χ1) is 13.4. The highest BCUT2D eigenvalue weighted by Gasteiger charge is 2.27. The fraction of sp³-hybridized carbons (Fsp3) is 0.381. The van der Waals surface area contributed by atoms with Crippen molar-refractivity contribution in [1.82, 2.24) is 0 Å². The fourth-order valence-electron chi connectivity index (χ4n) is 3.49. The number of non-ortho nitro benzene ring substituents is 1. The lowest BCUT2D eigenvalue weighted by molar-refractivity contribution is -0.384. The Hall–Kier alpha value is -2.93. The average Bonchev–Trinajstić information content (AvgIpc) is 2.67. The lowest BCUT2D eigenvalue weighted by Crippen LogP contribution is -2.46. The van der Waals surface area contributed by atoms with E-state index >= 15 is 0 Å². The van der Waals surface area contributed by atoms with Crippen molar-refractivity contribution < 1.29 is 19.2 Å². The Bertz CT molecular complexity index is 856. The molecule has 0 radical (unpaired) electrons. The van der Waals surface area contributed by atoms with E-state index in [0.717, 1.165) is 0 Å². The summed E-state index contributed by atoms with van der Waals surface area (Å²) in [4.78, 5) is 26.0. The van der Waals surface area contributed by atoms with Gasteiger partial charge in [-0.1, -0.05) is 0 Å². The number of morpholine rings is 1. The van der Waals surface area contributed by atoms with Gasteiger partial charge in [0, 0.05) is 36.5 Å². The van der Waals surface area contributed by atoms with Gasteiger partial charge in [0.25, 0.3) is 5.69 Å². The van der Waals surface area contributed by atoms with Gasteiger partial charge in [-0.15, -0.1) is 0 Å². The predicted octanol–water partition coefficient (Wildman–Crippen LogP) is 3.84. The Morgan fingerprint density at radius 1 is 1.18 bits per heavy atom. The standard InChI is InChI=1S/C21H24N2O5/c1-4-27-18-8-5-16(6-9-18)21(24)19-11-17(23(25)26)7-10-20(19)22-12-14(2)28-15(3)13-22/h5-11,14-15H,4,12-13H2,1-3H3/t14-,15-/m0/s1. The minimum Gasteiger partial charge on any atom is -0.494 e. The SMILES string of the molecule is CCOc1ccc(C(=O)c2cc([N+](=O)[O-])ccc2N2C[C@H](C)O[C@@H](C)C2)cc1. The Morgan fingerprint density at radius 2 is 1.82 bits per heavy atom. The summed E-state index contributed by atoms with van der Waals surface area (Å²) < 4.78 is 11.2. The molecule has 7 heteroatoms. The normalized spacial score (nSPS) is 19.3. The number of rotatable bonds is 6. The van der Waals surface area contributed by atoms with E-state index in [2.05, 4.69) is 4.90 Å². The van der Waals surface area contributed by atoms with Crippen molar-refractivity contribution in [2.75, 3.05) is 24.6 Å². The van der Waals surface area contributed by atoms with Gasteiger partial charge in [0.15, 0.2) is 5.78 Å².